The van der Waals surface area contributed by atoms with Gasteiger partial charge in [-0.2, -0.15) is 0 Å². The maximum atomic E-state index is 13.3. The van der Waals surface area contributed by atoms with E-state index in [2.05, 4.69) is 44.5 Å². The first-order chi connectivity index (χ1) is 14.6. The Morgan fingerprint density at radius 3 is 2.63 bits per heavy atom. The average Bonchev–Trinajstić information content (AvgIpc) is 3.42. The summed E-state index contributed by atoms with van der Waals surface area (Å²) in [6.45, 7) is 6.25. The third-order valence-corrected chi connectivity index (χ3v) is 6.94. The number of piperidine rings is 1. The van der Waals surface area contributed by atoms with Crippen molar-refractivity contribution in [3.05, 3.63) is 51.6 Å². The Morgan fingerprint density at radius 2 is 1.87 bits per heavy atom. The molecular formula is C23H30N6O. The monoisotopic (exact) mass is 406 g/mol. The Kier molecular flexibility index (Phi) is 5.15. The number of tetrazole rings is 1. The summed E-state index contributed by atoms with van der Waals surface area (Å²) in [5.74, 6) is 1.53. The maximum absolute atomic E-state index is 13.3. The zero-order chi connectivity index (χ0) is 20.7. The van der Waals surface area contributed by atoms with Gasteiger partial charge in [-0.15, -0.1) is 5.10 Å². The highest BCUT2D eigenvalue weighted by Gasteiger charge is 2.34. The van der Waals surface area contributed by atoms with Crippen molar-refractivity contribution in [3.63, 3.8) is 0 Å². The molecule has 3 heterocycles. The highest BCUT2D eigenvalue weighted by atomic mass is 16.1. The number of rotatable bonds is 4. The fourth-order valence-electron chi connectivity index (χ4n) is 5.11. The zero-order valence-electron chi connectivity index (χ0n) is 17.8. The van der Waals surface area contributed by atoms with Crippen molar-refractivity contribution in [3.8, 4) is 0 Å². The lowest BCUT2D eigenvalue weighted by molar-refractivity contribution is 0.147. The van der Waals surface area contributed by atoms with Gasteiger partial charge in [0.1, 0.15) is 6.04 Å². The lowest BCUT2D eigenvalue weighted by atomic mass is 9.95. The van der Waals surface area contributed by atoms with Gasteiger partial charge in [0.15, 0.2) is 5.82 Å². The predicted octanol–water partition coefficient (Wildman–Crippen LogP) is 3.76. The van der Waals surface area contributed by atoms with Gasteiger partial charge in [0.2, 0.25) is 0 Å². The van der Waals surface area contributed by atoms with Crippen molar-refractivity contribution in [2.24, 2.45) is 5.92 Å². The Bertz CT molecular complexity index is 1090. The van der Waals surface area contributed by atoms with Gasteiger partial charge in [-0.3, -0.25) is 9.69 Å². The van der Waals surface area contributed by atoms with Crippen molar-refractivity contribution >= 4 is 10.9 Å². The Labute approximate surface area is 176 Å². The van der Waals surface area contributed by atoms with E-state index in [1.54, 1.807) is 0 Å². The van der Waals surface area contributed by atoms with Crippen LogP contribution in [-0.4, -0.2) is 43.2 Å². The normalized spacial score (nSPS) is 20.2. The zero-order valence-corrected chi connectivity index (χ0v) is 17.8. The molecule has 1 saturated heterocycles. The molecule has 0 radical (unpaired) electrons. The van der Waals surface area contributed by atoms with Crippen LogP contribution < -0.4 is 5.56 Å². The number of aromatic amines is 1. The molecule has 2 fully saturated rings. The van der Waals surface area contributed by atoms with Gasteiger partial charge in [0, 0.05) is 11.1 Å². The molecule has 1 aliphatic heterocycles. The number of H-pyrrole nitrogens is 1. The predicted molar refractivity (Wildman–Crippen MR) is 116 cm³/mol. The summed E-state index contributed by atoms with van der Waals surface area (Å²) in [5, 5.41) is 13.9. The number of benzene rings is 1. The minimum Gasteiger partial charge on any atom is -0.322 e. The van der Waals surface area contributed by atoms with Crippen LogP contribution in [0, 0.1) is 12.8 Å². The molecular weight excluding hydrogens is 376 g/mol. The van der Waals surface area contributed by atoms with E-state index in [-0.39, 0.29) is 11.6 Å². The van der Waals surface area contributed by atoms with Gasteiger partial charge in [0.05, 0.1) is 6.04 Å². The summed E-state index contributed by atoms with van der Waals surface area (Å²) < 4.78 is 2.01. The summed E-state index contributed by atoms with van der Waals surface area (Å²) in [7, 11) is 0. The fraction of sp³-hybridized carbons (Fsp3) is 0.565. The molecule has 1 N–H and O–H groups in total. The minimum atomic E-state index is -0.220. The van der Waals surface area contributed by atoms with Crippen LogP contribution in [0.3, 0.4) is 0 Å². The van der Waals surface area contributed by atoms with Gasteiger partial charge in [-0.25, -0.2) is 4.68 Å². The number of pyridine rings is 1. The molecule has 158 valence electrons. The molecule has 1 saturated carbocycles. The molecule has 7 nitrogen and oxygen atoms in total. The standard InChI is InChI=1S/C23H30N6O/c1-15-9-11-28(12-10-15)21(22-25-26-27-29(22)18-5-3-4-6-18)19-14-17-8-7-16(2)13-20(17)24-23(19)30/h7-8,13-15,18,21H,3-6,9-12H2,1-2H3,(H,24,30). The van der Waals surface area contributed by atoms with Crippen molar-refractivity contribution < 1.29 is 0 Å². The molecule has 0 bridgehead atoms. The van der Waals surface area contributed by atoms with Gasteiger partial charge < -0.3 is 4.98 Å². The van der Waals surface area contributed by atoms with Crippen molar-refractivity contribution in [2.45, 2.75) is 64.5 Å². The third-order valence-electron chi connectivity index (χ3n) is 6.94. The van der Waals surface area contributed by atoms with Crippen LogP contribution in [0.5, 0.6) is 0 Å². The van der Waals surface area contributed by atoms with Crippen LogP contribution in [-0.2, 0) is 0 Å². The van der Waals surface area contributed by atoms with Crippen molar-refractivity contribution in [1.82, 2.24) is 30.1 Å². The molecule has 5 rings (SSSR count). The second-order valence-electron chi connectivity index (χ2n) is 9.19. The molecule has 2 aliphatic rings. The number of hydrogen-bond acceptors (Lipinski definition) is 5. The van der Waals surface area contributed by atoms with E-state index in [0.29, 0.717) is 12.0 Å². The van der Waals surface area contributed by atoms with Gasteiger partial charge in [-0.1, -0.05) is 31.9 Å². The SMILES string of the molecule is Cc1ccc2cc(C(c3nnnn3C3CCCC3)N3CCC(C)CC3)c(=O)[nH]c2c1. The first kappa shape index (κ1) is 19.4. The van der Waals surface area contributed by atoms with Crippen LogP contribution in [0.1, 0.15) is 74.5 Å². The topological polar surface area (TPSA) is 79.7 Å². The number of aryl methyl sites for hydroxylation is 1. The highest BCUT2D eigenvalue weighted by molar-refractivity contribution is 5.79. The maximum Gasteiger partial charge on any atom is 0.253 e. The number of hydrogen-bond donors (Lipinski definition) is 1. The molecule has 3 aromatic rings. The molecule has 2 aromatic heterocycles. The number of likely N-dealkylation sites (tertiary alicyclic amines) is 1. The Balaban J connectivity index is 1.63. The summed E-state index contributed by atoms with van der Waals surface area (Å²) in [6.07, 6.45) is 6.90. The van der Waals surface area contributed by atoms with E-state index in [4.69, 9.17) is 0 Å². The molecule has 30 heavy (non-hydrogen) atoms. The van der Waals surface area contributed by atoms with E-state index in [1.807, 2.05) is 23.7 Å². The molecule has 7 heteroatoms. The van der Waals surface area contributed by atoms with E-state index in [9.17, 15) is 4.79 Å². The summed E-state index contributed by atoms with van der Waals surface area (Å²) in [5.41, 5.74) is 2.72. The number of fused-ring (bicyclic) bond motifs is 1. The third kappa shape index (κ3) is 3.55. The minimum absolute atomic E-state index is 0.0438. The van der Waals surface area contributed by atoms with Gasteiger partial charge >= 0.3 is 0 Å². The van der Waals surface area contributed by atoms with E-state index >= 15 is 0 Å². The van der Waals surface area contributed by atoms with Crippen LogP contribution in [0.25, 0.3) is 10.9 Å². The molecule has 1 unspecified atom stereocenters. The van der Waals surface area contributed by atoms with E-state index in [0.717, 1.165) is 66.6 Å². The highest BCUT2D eigenvalue weighted by Crippen LogP contribution is 2.35. The van der Waals surface area contributed by atoms with Crippen molar-refractivity contribution in [2.75, 3.05) is 13.1 Å². The summed E-state index contributed by atoms with van der Waals surface area (Å²) in [4.78, 5) is 18.8. The van der Waals surface area contributed by atoms with Crippen LogP contribution in [0.15, 0.2) is 29.1 Å². The summed E-state index contributed by atoms with van der Waals surface area (Å²) >= 11 is 0. The van der Waals surface area contributed by atoms with Crippen LogP contribution >= 0.6 is 0 Å². The number of nitrogens with one attached hydrogen (secondary N) is 1. The van der Waals surface area contributed by atoms with Crippen molar-refractivity contribution in [1.29, 1.82) is 0 Å². The van der Waals surface area contributed by atoms with Gasteiger partial charge in [0.25, 0.3) is 5.56 Å². The Hall–Kier alpha value is -2.54. The second kappa shape index (κ2) is 7.95. The summed E-state index contributed by atoms with van der Waals surface area (Å²) in [6, 6.07) is 8.36. The first-order valence-corrected chi connectivity index (χ1v) is 11.3. The molecule has 0 amide bonds. The molecule has 1 atom stereocenters. The lowest BCUT2D eigenvalue weighted by Crippen LogP contribution is -2.40. The quantitative estimate of drug-likeness (QED) is 0.714. The number of aromatic nitrogens is 5. The smallest absolute Gasteiger partial charge is 0.253 e. The fourth-order valence-corrected chi connectivity index (χ4v) is 5.11. The van der Waals surface area contributed by atoms with Crippen LogP contribution in [0.4, 0.5) is 0 Å². The lowest BCUT2D eigenvalue weighted by Gasteiger charge is -2.36. The first-order valence-electron chi connectivity index (χ1n) is 11.3. The average molecular weight is 407 g/mol. The number of nitrogens with zero attached hydrogens (tertiary/aromatic N) is 5. The molecule has 1 aromatic carbocycles. The van der Waals surface area contributed by atoms with E-state index in [1.165, 1.54) is 12.8 Å². The second-order valence-corrected chi connectivity index (χ2v) is 9.19. The Morgan fingerprint density at radius 1 is 1.10 bits per heavy atom. The molecule has 0 spiro atoms. The molecule has 1 aliphatic carbocycles. The largest absolute Gasteiger partial charge is 0.322 e. The van der Waals surface area contributed by atoms with Crippen LogP contribution in [0.2, 0.25) is 0 Å². The van der Waals surface area contributed by atoms with E-state index < -0.39 is 0 Å². The van der Waals surface area contributed by atoms with Gasteiger partial charge in [-0.05, 0) is 85.1 Å².